The van der Waals surface area contributed by atoms with Crippen molar-refractivity contribution in [3.63, 3.8) is 0 Å². The van der Waals surface area contributed by atoms with Gasteiger partial charge in [-0.25, -0.2) is 9.18 Å². The summed E-state index contributed by atoms with van der Waals surface area (Å²) in [5.74, 6) is 0.625. The van der Waals surface area contributed by atoms with E-state index in [9.17, 15) is 9.18 Å². The van der Waals surface area contributed by atoms with E-state index >= 15 is 0 Å². The Morgan fingerprint density at radius 3 is 2.61 bits per heavy atom. The Labute approximate surface area is 179 Å². The van der Waals surface area contributed by atoms with Crippen LogP contribution < -0.4 is 15.3 Å². The lowest BCUT2D eigenvalue weighted by molar-refractivity contribution is -0.932. The van der Waals surface area contributed by atoms with Gasteiger partial charge in [0.2, 0.25) is 6.73 Å². The van der Waals surface area contributed by atoms with Gasteiger partial charge in [0.05, 0.1) is 6.54 Å². The Morgan fingerprint density at radius 1 is 1.03 bits per heavy atom. The fourth-order valence-corrected chi connectivity index (χ4v) is 4.37. The number of hydrogen-bond donors (Lipinski definition) is 1. The Balaban J connectivity index is 1.51. The first-order chi connectivity index (χ1) is 15.1. The Bertz CT molecular complexity index is 1310. The average Bonchev–Trinajstić information content (AvgIpc) is 2.79. The van der Waals surface area contributed by atoms with Gasteiger partial charge in [-0.2, -0.15) is 0 Å². The highest BCUT2D eigenvalue weighted by Gasteiger charge is 2.25. The van der Waals surface area contributed by atoms with Crippen molar-refractivity contribution in [2.45, 2.75) is 19.9 Å². The van der Waals surface area contributed by atoms with Gasteiger partial charge in [-0.1, -0.05) is 48.5 Å². The second-order valence-corrected chi connectivity index (χ2v) is 8.02. The van der Waals surface area contributed by atoms with E-state index in [-0.39, 0.29) is 11.4 Å². The highest BCUT2D eigenvalue weighted by Crippen LogP contribution is 2.36. The monoisotopic (exact) mass is 416 g/mol. The Hall–Kier alpha value is -3.44. The summed E-state index contributed by atoms with van der Waals surface area (Å²) in [7, 11) is 0. The summed E-state index contributed by atoms with van der Waals surface area (Å²) >= 11 is 0. The molecule has 0 fully saturated rings. The molecule has 1 N–H and O–H groups in total. The zero-order valence-electron chi connectivity index (χ0n) is 17.3. The Morgan fingerprint density at radius 2 is 1.81 bits per heavy atom. The lowest BCUT2D eigenvalue weighted by atomic mass is 9.97. The highest BCUT2D eigenvalue weighted by molar-refractivity contribution is 5.96. The topological polar surface area (TPSA) is 43.9 Å². The summed E-state index contributed by atoms with van der Waals surface area (Å²) in [4.78, 5) is 13.5. The van der Waals surface area contributed by atoms with Gasteiger partial charge >= 0.3 is 5.63 Å². The molecule has 2 heterocycles. The van der Waals surface area contributed by atoms with Crippen LogP contribution in [0.4, 0.5) is 4.39 Å². The number of aryl methyl sites for hydroxylation is 1. The fraction of sp³-hybridized carbons (Fsp3) is 0.192. The molecule has 4 nitrogen and oxygen atoms in total. The van der Waals surface area contributed by atoms with Crippen LogP contribution in [0, 0.1) is 12.7 Å². The third-order valence-electron chi connectivity index (χ3n) is 5.94. The molecular formula is C26H23FNO3+. The lowest BCUT2D eigenvalue weighted by Crippen LogP contribution is -3.12. The maximum absolute atomic E-state index is 14.0. The van der Waals surface area contributed by atoms with Gasteiger partial charge in [0, 0.05) is 29.0 Å². The van der Waals surface area contributed by atoms with Crippen molar-refractivity contribution < 1.29 is 18.4 Å². The lowest BCUT2D eigenvalue weighted by Gasteiger charge is -2.28. The minimum Gasteiger partial charge on any atom is -0.444 e. The number of fused-ring (bicyclic) bond motifs is 2. The standard InChI is InChI=1S/C26H22FNO3/c1-17-25-20(15-28(16-30-25)12-11-19-9-5-6-10-23(19)27)13-22-21(14-24(29)31-26(17)22)18-7-3-2-4-8-18/h2-10,13-14H,11-12,15-16H2,1H3/p+1. The van der Waals surface area contributed by atoms with Crippen molar-refractivity contribution in [2.24, 2.45) is 0 Å². The molecule has 1 aliphatic rings. The maximum atomic E-state index is 14.0. The SMILES string of the molecule is Cc1c2c(cc3c(-c4ccccc4)cc(=O)oc13)C[NH+](CCc1ccccc1F)CO2. The molecule has 1 aliphatic heterocycles. The van der Waals surface area contributed by atoms with Gasteiger partial charge in [-0.05, 0) is 35.7 Å². The van der Waals surface area contributed by atoms with Crippen molar-refractivity contribution in [3.05, 3.63) is 99.7 Å². The number of ether oxygens (including phenoxy) is 1. The van der Waals surface area contributed by atoms with Crippen molar-refractivity contribution in [2.75, 3.05) is 13.3 Å². The molecule has 31 heavy (non-hydrogen) atoms. The van der Waals surface area contributed by atoms with E-state index in [1.165, 1.54) is 11.0 Å². The van der Waals surface area contributed by atoms with Gasteiger partial charge in [0.25, 0.3) is 0 Å². The molecule has 1 unspecified atom stereocenters. The first-order valence-electron chi connectivity index (χ1n) is 10.5. The summed E-state index contributed by atoms with van der Waals surface area (Å²) in [5.41, 5.74) is 4.67. The molecule has 0 bridgehead atoms. The van der Waals surface area contributed by atoms with E-state index in [0.29, 0.717) is 18.7 Å². The molecule has 1 atom stereocenters. The van der Waals surface area contributed by atoms with Crippen LogP contribution in [-0.2, 0) is 13.0 Å². The average molecular weight is 416 g/mol. The van der Waals surface area contributed by atoms with Gasteiger partial charge in [0.15, 0.2) is 0 Å². The van der Waals surface area contributed by atoms with Crippen LogP contribution in [-0.4, -0.2) is 13.3 Å². The molecule has 0 amide bonds. The van der Waals surface area contributed by atoms with Crippen molar-refractivity contribution >= 4 is 11.0 Å². The normalized spacial score (nSPS) is 15.5. The summed E-state index contributed by atoms with van der Waals surface area (Å²) in [6, 6.07) is 20.4. The molecular weight excluding hydrogens is 393 g/mol. The Kier molecular flexibility index (Phi) is 5.04. The second-order valence-electron chi connectivity index (χ2n) is 8.02. The van der Waals surface area contributed by atoms with E-state index in [4.69, 9.17) is 9.15 Å². The van der Waals surface area contributed by atoms with Crippen molar-refractivity contribution in [1.29, 1.82) is 0 Å². The molecule has 1 aromatic heterocycles. The number of rotatable bonds is 4. The molecule has 0 aliphatic carbocycles. The molecule has 3 aromatic carbocycles. The van der Waals surface area contributed by atoms with E-state index in [1.54, 1.807) is 12.1 Å². The zero-order valence-corrected chi connectivity index (χ0v) is 17.3. The molecule has 156 valence electrons. The first-order valence-corrected chi connectivity index (χ1v) is 10.5. The van der Waals surface area contributed by atoms with Crippen LogP contribution in [0.5, 0.6) is 5.75 Å². The van der Waals surface area contributed by atoms with Crippen molar-refractivity contribution in [3.8, 4) is 16.9 Å². The number of quaternary nitrogens is 1. The number of halogens is 1. The molecule has 5 heteroatoms. The molecule has 5 rings (SSSR count). The van der Waals surface area contributed by atoms with Crippen LogP contribution in [0.25, 0.3) is 22.1 Å². The molecule has 4 aromatic rings. The van der Waals surface area contributed by atoms with Crippen LogP contribution in [0.2, 0.25) is 0 Å². The molecule has 0 saturated carbocycles. The van der Waals surface area contributed by atoms with Gasteiger partial charge in [-0.15, -0.1) is 0 Å². The van der Waals surface area contributed by atoms with Gasteiger partial charge < -0.3 is 9.15 Å². The summed E-state index contributed by atoms with van der Waals surface area (Å²) < 4.78 is 25.6. The minimum absolute atomic E-state index is 0.162. The fourth-order valence-electron chi connectivity index (χ4n) is 4.37. The maximum Gasteiger partial charge on any atom is 0.336 e. The molecule has 0 radical (unpaired) electrons. The minimum atomic E-state index is -0.373. The predicted molar refractivity (Wildman–Crippen MR) is 118 cm³/mol. The van der Waals surface area contributed by atoms with E-state index in [0.717, 1.165) is 52.0 Å². The summed E-state index contributed by atoms with van der Waals surface area (Å²) in [6.45, 7) is 3.97. The third-order valence-corrected chi connectivity index (χ3v) is 5.94. The van der Waals surface area contributed by atoms with Crippen molar-refractivity contribution in [1.82, 2.24) is 0 Å². The quantitative estimate of drug-likeness (QED) is 0.514. The largest absolute Gasteiger partial charge is 0.444 e. The van der Waals surface area contributed by atoms with E-state index in [1.807, 2.05) is 49.4 Å². The van der Waals surface area contributed by atoms with Crippen LogP contribution in [0.3, 0.4) is 0 Å². The van der Waals surface area contributed by atoms with Crippen LogP contribution in [0.15, 0.2) is 75.9 Å². The van der Waals surface area contributed by atoms with E-state index in [2.05, 4.69) is 6.07 Å². The van der Waals surface area contributed by atoms with Crippen LogP contribution in [0.1, 0.15) is 16.7 Å². The third kappa shape index (κ3) is 3.73. The predicted octanol–water partition coefficient (Wildman–Crippen LogP) is 3.89. The first kappa shape index (κ1) is 19.5. The zero-order chi connectivity index (χ0) is 21.4. The smallest absolute Gasteiger partial charge is 0.336 e. The second kappa shape index (κ2) is 8.00. The molecule has 0 saturated heterocycles. The van der Waals surface area contributed by atoms with Gasteiger partial charge in [-0.3, -0.25) is 4.90 Å². The summed E-state index contributed by atoms with van der Waals surface area (Å²) in [6.07, 6.45) is 0.650. The van der Waals surface area contributed by atoms with Crippen LogP contribution >= 0.6 is 0 Å². The number of benzene rings is 3. The van der Waals surface area contributed by atoms with Gasteiger partial charge in [0.1, 0.15) is 23.7 Å². The number of hydrogen-bond acceptors (Lipinski definition) is 3. The summed E-state index contributed by atoms with van der Waals surface area (Å²) in [5, 5.41) is 0.904. The highest BCUT2D eigenvalue weighted by atomic mass is 19.1. The molecule has 0 spiro atoms. The number of nitrogens with one attached hydrogen (secondary N) is 1. The van der Waals surface area contributed by atoms with E-state index < -0.39 is 0 Å².